The Labute approximate surface area is 204 Å². The number of aromatic nitrogens is 4. The number of hydrogen-bond acceptors (Lipinski definition) is 10. The summed E-state index contributed by atoms with van der Waals surface area (Å²) in [5.74, 6) is 1.46. The summed E-state index contributed by atoms with van der Waals surface area (Å²) < 4.78 is 10.7. The molecule has 0 bridgehead atoms. The van der Waals surface area contributed by atoms with Crippen molar-refractivity contribution in [2.45, 2.75) is 0 Å². The molecule has 0 aliphatic carbocycles. The van der Waals surface area contributed by atoms with Crippen LogP contribution in [0.2, 0.25) is 0 Å². The summed E-state index contributed by atoms with van der Waals surface area (Å²) in [6, 6.07) is 8.81. The third-order valence-corrected chi connectivity index (χ3v) is 12.4. The van der Waals surface area contributed by atoms with Gasteiger partial charge in [0, 0.05) is 31.2 Å². The normalized spacial score (nSPS) is 12.4. The van der Waals surface area contributed by atoms with Crippen LogP contribution < -0.4 is 0 Å². The van der Waals surface area contributed by atoms with Crippen molar-refractivity contribution in [3.05, 3.63) is 47.4 Å². The van der Waals surface area contributed by atoms with Crippen molar-refractivity contribution >= 4 is 117 Å². The van der Waals surface area contributed by atoms with E-state index in [2.05, 4.69) is 45.0 Å². The van der Waals surface area contributed by atoms with Gasteiger partial charge in [-0.3, -0.25) is 0 Å². The molecule has 0 atom stereocenters. The highest BCUT2D eigenvalue weighted by molar-refractivity contribution is 7.39. The van der Waals surface area contributed by atoms with Gasteiger partial charge in [-0.05, 0) is 35.0 Å². The Bertz CT molecular complexity index is 1820. The summed E-state index contributed by atoms with van der Waals surface area (Å²) in [6.07, 6.45) is 3.66. The molecule has 0 amide bonds. The molecule has 8 rings (SSSR count). The Kier molecular flexibility index (Phi) is 3.74. The van der Waals surface area contributed by atoms with Crippen LogP contribution in [0.1, 0.15) is 0 Å². The van der Waals surface area contributed by atoms with Gasteiger partial charge in [0.15, 0.2) is 17.3 Å². The van der Waals surface area contributed by atoms with Gasteiger partial charge in [0.2, 0.25) is 0 Å². The molecule has 32 heavy (non-hydrogen) atoms. The van der Waals surface area contributed by atoms with E-state index in [0.717, 1.165) is 26.8 Å². The van der Waals surface area contributed by atoms with Crippen molar-refractivity contribution in [1.29, 1.82) is 0 Å². The lowest BCUT2D eigenvalue weighted by Crippen LogP contribution is -1.94. The predicted octanol–water partition coefficient (Wildman–Crippen LogP) is 8.74. The Balaban J connectivity index is 1.26. The molecule has 0 unspecified atom stereocenters. The Morgan fingerprint density at radius 2 is 1.09 bits per heavy atom. The van der Waals surface area contributed by atoms with Crippen LogP contribution in [0.25, 0.3) is 70.0 Å². The van der Waals surface area contributed by atoms with Gasteiger partial charge < -0.3 is 0 Å². The van der Waals surface area contributed by atoms with E-state index in [4.69, 9.17) is 9.97 Å². The first-order chi connectivity index (χ1) is 15.8. The highest BCUT2D eigenvalue weighted by Gasteiger charge is 2.16. The molecule has 0 aromatic carbocycles. The first kappa shape index (κ1) is 18.1. The maximum atomic E-state index is 4.82. The lowest BCUT2D eigenvalue weighted by atomic mass is 10.3. The van der Waals surface area contributed by atoms with Gasteiger partial charge in [0.25, 0.3) is 0 Å². The number of hydrogen-bond donors (Lipinski definition) is 0. The molecule has 0 fully saturated rings. The summed E-state index contributed by atoms with van der Waals surface area (Å²) in [5, 5.41) is 5.17. The molecule has 8 heterocycles. The fourth-order valence-corrected chi connectivity index (χ4v) is 11.2. The molecule has 0 radical (unpaired) electrons. The summed E-state index contributed by atoms with van der Waals surface area (Å²) >= 11 is 10.8. The third-order valence-electron chi connectivity index (χ3n) is 5.28. The second kappa shape index (κ2) is 6.60. The Morgan fingerprint density at radius 3 is 1.62 bits per heavy atom. The quantitative estimate of drug-likeness (QED) is 0.229. The molecule has 0 spiro atoms. The zero-order chi connectivity index (χ0) is 20.8. The second-order valence-corrected chi connectivity index (χ2v) is 13.3. The molecular weight excluding hydrogens is 513 g/mol. The van der Waals surface area contributed by atoms with Gasteiger partial charge in [0.05, 0.1) is 33.9 Å². The van der Waals surface area contributed by atoms with Gasteiger partial charge in [-0.2, -0.15) is 0 Å². The maximum absolute atomic E-state index is 4.82. The first-order valence-electron chi connectivity index (χ1n) is 9.60. The van der Waals surface area contributed by atoms with Crippen molar-refractivity contribution in [3.63, 3.8) is 0 Å². The molecule has 8 aromatic rings. The molecule has 0 saturated carbocycles. The predicted molar refractivity (Wildman–Crippen MR) is 143 cm³/mol. The highest BCUT2D eigenvalue weighted by atomic mass is 32.1. The highest BCUT2D eigenvalue weighted by Crippen LogP contribution is 2.45. The lowest BCUT2D eigenvalue weighted by molar-refractivity contribution is 1.15. The van der Waals surface area contributed by atoms with Crippen LogP contribution in [0.5, 0.6) is 0 Å². The van der Waals surface area contributed by atoms with Crippen LogP contribution in [-0.2, 0) is 0 Å². The summed E-state index contributed by atoms with van der Waals surface area (Å²) in [4.78, 5) is 21.0. The van der Waals surface area contributed by atoms with Gasteiger partial charge in [-0.15, -0.1) is 68.0 Å². The van der Waals surface area contributed by atoms with Crippen molar-refractivity contribution in [3.8, 4) is 21.4 Å². The number of rotatable bonds is 2. The smallest absolute Gasteiger partial charge is 0.171 e. The van der Waals surface area contributed by atoms with E-state index >= 15 is 0 Å². The maximum Gasteiger partial charge on any atom is 0.171 e. The van der Waals surface area contributed by atoms with E-state index in [0.29, 0.717) is 5.65 Å². The van der Waals surface area contributed by atoms with E-state index in [1.54, 1.807) is 45.3 Å². The fourth-order valence-electron chi connectivity index (χ4n) is 3.82. The number of nitrogens with zero attached hydrogens (tertiary/aromatic N) is 4. The second-order valence-electron chi connectivity index (χ2n) is 7.21. The zero-order valence-corrected chi connectivity index (χ0v) is 20.8. The van der Waals surface area contributed by atoms with Gasteiger partial charge in [-0.25, -0.2) is 19.9 Å². The lowest BCUT2D eigenvalue weighted by Gasteiger charge is -2.01. The minimum absolute atomic E-state index is 0.691. The molecular formula is C22H8N4S6. The monoisotopic (exact) mass is 520 g/mol. The molecule has 0 saturated heterocycles. The van der Waals surface area contributed by atoms with Crippen LogP contribution in [0, 0.1) is 0 Å². The van der Waals surface area contributed by atoms with E-state index < -0.39 is 0 Å². The summed E-state index contributed by atoms with van der Waals surface area (Å²) in [6.45, 7) is 0. The molecule has 0 aliphatic rings. The summed E-state index contributed by atoms with van der Waals surface area (Å²) in [5.41, 5.74) is 0.691. The molecule has 8 aromatic heterocycles. The van der Waals surface area contributed by atoms with Crippen LogP contribution in [0.3, 0.4) is 0 Å². The largest absolute Gasteiger partial charge is 0.235 e. The van der Waals surface area contributed by atoms with E-state index in [1.807, 2.05) is 35.1 Å². The first-order valence-corrected chi connectivity index (χ1v) is 14.6. The fraction of sp³-hybridized carbons (Fsp3) is 0. The van der Waals surface area contributed by atoms with Gasteiger partial charge in [0.1, 0.15) is 0 Å². The SMILES string of the molecule is c1cc2sc3cc(-c4ncc5cnc(-c6cc7sc8ccsc8c7s6)nc5n4)sc3c2s1. The zero-order valence-electron chi connectivity index (χ0n) is 15.9. The minimum atomic E-state index is 0.691. The standard InChI is InChI=1S/C22H8N4S6/c1-3-27-16-10(1)29-12-5-14(31-18(12)16)21-23-7-9-8-24-22(26-20(9)25-21)15-6-13-19(32-15)17-11(30-13)2-4-28-17/h1-8H. The molecule has 4 nitrogen and oxygen atoms in total. The van der Waals surface area contributed by atoms with Crippen LogP contribution >= 0.6 is 68.0 Å². The Hall–Kier alpha value is -2.34. The van der Waals surface area contributed by atoms with Crippen molar-refractivity contribution in [1.82, 2.24) is 19.9 Å². The van der Waals surface area contributed by atoms with E-state index in [9.17, 15) is 0 Å². The average Bonchev–Trinajstić information content (AvgIpc) is 3.59. The molecule has 0 N–H and O–H groups in total. The molecule has 152 valence electrons. The number of fused-ring (bicyclic) bond motifs is 7. The van der Waals surface area contributed by atoms with Crippen LogP contribution in [0.15, 0.2) is 47.4 Å². The van der Waals surface area contributed by atoms with E-state index in [-0.39, 0.29) is 0 Å². The molecule has 0 aliphatic heterocycles. The van der Waals surface area contributed by atoms with Gasteiger partial charge >= 0.3 is 0 Å². The summed E-state index contributed by atoms with van der Waals surface area (Å²) in [7, 11) is 0. The van der Waals surface area contributed by atoms with Crippen molar-refractivity contribution in [2.24, 2.45) is 0 Å². The van der Waals surface area contributed by atoms with Crippen LogP contribution in [-0.4, -0.2) is 19.9 Å². The minimum Gasteiger partial charge on any atom is -0.235 e. The third kappa shape index (κ3) is 2.56. The van der Waals surface area contributed by atoms with Gasteiger partial charge in [-0.1, -0.05) is 0 Å². The topological polar surface area (TPSA) is 51.6 Å². The van der Waals surface area contributed by atoms with Crippen LogP contribution in [0.4, 0.5) is 0 Å². The number of thiophene rings is 6. The van der Waals surface area contributed by atoms with Crippen molar-refractivity contribution in [2.75, 3.05) is 0 Å². The molecule has 10 heteroatoms. The van der Waals surface area contributed by atoms with Crippen molar-refractivity contribution < 1.29 is 0 Å². The average molecular weight is 521 g/mol. The van der Waals surface area contributed by atoms with E-state index in [1.165, 1.54) is 37.6 Å². The Morgan fingerprint density at radius 1 is 0.562 bits per heavy atom.